The van der Waals surface area contributed by atoms with Gasteiger partial charge in [0.2, 0.25) is 5.91 Å². The maximum atomic E-state index is 12.2. The number of hydrogen-bond acceptors (Lipinski definition) is 4. The molecule has 1 amide bonds. The van der Waals surface area contributed by atoms with E-state index in [1.54, 1.807) is 7.11 Å². The Labute approximate surface area is 155 Å². The quantitative estimate of drug-likeness (QED) is 0.710. The second-order valence-electron chi connectivity index (χ2n) is 5.98. The Balaban J connectivity index is 1.91. The molecule has 0 radical (unpaired) electrons. The van der Waals surface area contributed by atoms with Gasteiger partial charge in [0.25, 0.3) is 0 Å². The lowest BCUT2D eigenvalue weighted by atomic mass is 10.2. The van der Waals surface area contributed by atoms with Crippen LogP contribution in [0.2, 0.25) is 0 Å². The minimum Gasteiger partial charge on any atom is -0.493 e. The highest BCUT2D eigenvalue weighted by atomic mass is 16.5. The number of amides is 1. The van der Waals surface area contributed by atoms with E-state index in [2.05, 4.69) is 17.1 Å². The van der Waals surface area contributed by atoms with Gasteiger partial charge in [-0.15, -0.1) is 0 Å². The summed E-state index contributed by atoms with van der Waals surface area (Å²) in [5.74, 6) is 1.48. The zero-order valence-corrected chi connectivity index (χ0v) is 15.8. The molecule has 2 aromatic carbocycles. The summed E-state index contributed by atoms with van der Waals surface area (Å²) in [7, 11) is 1.64. The lowest BCUT2D eigenvalue weighted by Gasteiger charge is -2.21. The zero-order chi connectivity index (χ0) is 18.8. The number of likely N-dealkylation sites (N-methyl/N-ethyl adjacent to an activating group) is 1. The standard InChI is InChI=1S/C21H28N2O3/c1-4-23(16-21(24)22-14-17-9-7-6-8-10-17)15-18-11-12-19(26-5-2)20(13-18)25-3/h6-13H,4-5,14-16H2,1-3H3,(H,22,24). The molecule has 0 saturated carbocycles. The summed E-state index contributed by atoms with van der Waals surface area (Å²) in [4.78, 5) is 14.3. The number of rotatable bonds is 10. The largest absolute Gasteiger partial charge is 0.493 e. The van der Waals surface area contributed by atoms with Gasteiger partial charge in [0.15, 0.2) is 11.5 Å². The second-order valence-corrected chi connectivity index (χ2v) is 5.98. The number of carbonyl (C=O) groups is 1. The van der Waals surface area contributed by atoms with Gasteiger partial charge in [-0.25, -0.2) is 0 Å². The van der Waals surface area contributed by atoms with Crippen LogP contribution >= 0.6 is 0 Å². The van der Waals surface area contributed by atoms with Crippen molar-refractivity contribution in [3.8, 4) is 11.5 Å². The molecule has 0 aliphatic heterocycles. The van der Waals surface area contributed by atoms with Crippen molar-refractivity contribution in [1.29, 1.82) is 0 Å². The first-order chi connectivity index (χ1) is 12.7. The van der Waals surface area contributed by atoms with Crippen LogP contribution in [0.3, 0.4) is 0 Å². The SMILES string of the molecule is CCOc1ccc(CN(CC)CC(=O)NCc2ccccc2)cc1OC. The van der Waals surface area contributed by atoms with E-state index in [1.807, 2.05) is 55.5 Å². The highest BCUT2D eigenvalue weighted by Gasteiger charge is 2.12. The summed E-state index contributed by atoms with van der Waals surface area (Å²) in [6.45, 7) is 6.97. The van der Waals surface area contributed by atoms with Crippen molar-refractivity contribution in [1.82, 2.24) is 10.2 Å². The number of ether oxygens (including phenoxy) is 2. The molecule has 0 spiro atoms. The van der Waals surface area contributed by atoms with Gasteiger partial charge in [-0.05, 0) is 36.7 Å². The third kappa shape index (κ3) is 6.08. The normalized spacial score (nSPS) is 10.6. The molecule has 0 fully saturated rings. The number of hydrogen-bond donors (Lipinski definition) is 1. The molecule has 5 heteroatoms. The molecule has 0 bridgehead atoms. The Kier molecular flexibility index (Phi) is 7.96. The maximum Gasteiger partial charge on any atom is 0.234 e. The van der Waals surface area contributed by atoms with Crippen LogP contribution in [-0.2, 0) is 17.9 Å². The Bertz CT molecular complexity index is 689. The summed E-state index contributed by atoms with van der Waals surface area (Å²) < 4.78 is 10.9. The van der Waals surface area contributed by atoms with Gasteiger partial charge >= 0.3 is 0 Å². The Morgan fingerprint density at radius 2 is 1.81 bits per heavy atom. The van der Waals surface area contributed by atoms with Gasteiger partial charge in [-0.3, -0.25) is 9.69 Å². The second kappa shape index (κ2) is 10.5. The van der Waals surface area contributed by atoms with E-state index < -0.39 is 0 Å². The fourth-order valence-corrected chi connectivity index (χ4v) is 2.68. The van der Waals surface area contributed by atoms with Crippen molar-refractivity contribution >= 4 is 5.91 Å². The molecule has 0 aliphatic carbocycles. The number of nitrogens with one attached hydrogen (secondary N) is 1. The predicted octanol–water partition coefficient (Wildman–Crippen LogP) is 3.23. The van der Waals surface area contributed by atoms with E-state index in [0.717, 1.165) is 23.4 Å². The minimum absolute atomic E-state index is 0.0219. The molecule has 2 aromatic rings. The predicted molar refractivity (Wildman–Crippen MR) is 103 cm³/mol. The van der Waals surface area contributed by atoms with Crippen LogP contribution in [0.25, 0.3) is 0 Å². The van der Waals surface area contributed by atoms with E-state index in [-0.39, 0.29) is 5.91 Å². The highest BCUT2D eigenvalue weighted by molar-refractivity contribution is 5.78. The van der Waals surface area contributed by atoms with E-state index in [0.29, 0.717) is 32.0 Å². The Morgan fingerprint density at radius 3 is 2.46 bits per heavy atom. The molecule has 26 heavy (non-hydrogen) atoms. The van der Waals surface area contributed by atoms with Crippen molar-refractivity contribution in [3.05, 3.63) is 59.7 Å². The molecule has 0 unspecified atom stereocenters. The summed E-state index contributed by atoms with van der Waals surface area (Å²) in [6, 6.07) is 15.8. The molecule has 1 N–H and O–H groups in total. The van der Waals surface area contributed by atoms with Gasteiger partial charge in [0.05, 0.1) is 20.3 Å². The smallest absolute Gasteiger partial charge is 0.234 e. The lowest BCUT2D eigenvalue weighted by molar-refractivity contribution is -0.122. The van der Waals surface area contributed by atoms with Crippen LogP contribution in [-0.4, -0.2) is 37.6 Å². The van der Waals surface area contributed by atoms with Gasteiger partial charge in [-0.2, -0.15) is 0 Å². The van der Waals surface area contributed by atoms with E-state index in [4.69, 9.17) is 9.47 Å². The maximum absolute atomic E-state index is 12.2. The highest BCUT2D eigenvalue weighted by Crippen LogP contribution is 2.28. The van der Waals surface area contributed by atoms with Crippen LogP contribution in [0.4, 0.5) is 0 Å². The average Bonchev–Trinajstić information content (AvgIpc) is 2.68. The molecule has 2 rings (SSSR count). The van der Waals surface area contributed by atoms with E-state index in [9.17, 15) is 4.79 Å². The summed E-state index contributed by atoms with van der Waals surface area (Å²) >= 11 is 0. The van der Waals surface area contributed by atoms with Crippen molar-refractivity contribution in [2.45, 2.75) is 26.9 Å². The van der Waals surface area contributed by atoms with Gasteiger partial charge in [-0.1, -0.05) is 43.3 Å². The van der Waals surface area contributed by atoms with Crippen molar-refractivity contribution < 1.29 is 14.3 Å². The molecule has 140 valence electrons. The average molecular weight is 356 g/mol. The van der Waals surface area contributed by atoms with Crippen LogP contribution in [0, 0.1) is 0 Å². The number of nitrogens with zero attached hydrogens (tertiary/aromatic N) is 1. The Morgan fingerprint density at radius 1 is 1.04 bits per heavy atom. The fraction of sp³-hybridized carbons (Fsp3) is 0.381. The van der Waals surface area contributed by atoms with Crippen LogP contribution in [0.1, 0.15) is 25.0 Å². The minimum atomic E-state index is 0.0219. The summed E-state index contributed by atoms with van der Waals surface area (Å²) in [5, 5.41) is 2.97. The number of methoxy groups -OCH3 is 1. The fourth-order valence-electron chi connectivity index (χ4n) is 2.68. The first-order valence-electron chi connectivity index (χ1n) is 8.99. The summed E-state index contributed by atoms with van der Waals surface area (Å²) in [6.07, 6.45) is 0. The molecular weight excluding hydrogens is 328 g/mol. The number of benzene rings is 2. The van der Waals surface area contributed by atoms with Crippen LogP contribution < -0.4 is 14.8 Å². The molecule has 0 heterocycles. The van der Waals surface area contributed by atoms with Gasteiger partial charge in [0.1, 0.15) is 0 Å². The van der Waals surface area contributed by atoms with Gasteiger partial charge in [0, 0.05) is 13.1 Å². The Hall–Kier alpha value is -2.53. The molecule has 0 saturated heterocycles. The third-order valence-corrected chi connectivity index (χ3v) is 4.08. The molecule has 0 aliphatic rings. The van der Waals surface area contributed by atoms with Gasteiger partial charge < -0.3 is 14.8 Å². The van der Waals surface area contributed by atoms with Crippen molar-refractivity contribution in [2.24, 2.45) is 0 Å². The van der Waals surface area contributed by atoms with Crippen LogP contribution in [0.15, 0.2) is 48.5 Å². The third-order valence-electron chi connectivity index (χ3n) is 4.08. The molecular formula is C21H28N2O3. The van der Waals surface area contributed by atoms with E-state index >= 15 is 0 Å². The zero-order valence-electron chi connectivity index (χ0n) is 15.8. The molecule has 5 nitrogen and oxygen atoms in total. The first-order valence-corrected chi connectivity index (χ1v) is 8.99. The number of carbonyl (C=O) groups excluding carboxylic acids is 1. The van der Waals surface area contributed by atoms with Crippen molar-refractivity contribution in [2.75, 3.05) is 26.8 Å². The molecule has 0 atom stereocenters. The topological polar surface area (TPSA) is 50.8 Å². The summed E-state index contributed by atoms with van der Waals surface area (Å²) in [5.41, 5.74) is 2.18. The van der Waals surface area contributed by atoms with Crippen molar-refractivity contribution in [3.63, 3.8) is 0 Å². The van der Waals surface area contributed by atoms with Crippen LogP contribution in [0.5, 0.6) is 11.5 Å². The molecule has 0 aromatic heterocycles. The first kappa shape index (κ1) is 19.8. The van der Waals surface area contributed by atoms with E-state index in [1.165, 1.54) is 0 Å². The lowest BCUT2D eigenvalue weighted by Crippen LogP contribution is -2.36. The monoisotopic (exact) mass is 356 g/mol.